The monoisotopic (exact) mass is 373 g/mol. The first-order valence-electron chi connectivity index (χ1n) is 7.25. The molecule has 1 aliphatic heterocycles. The molecule has 1 unspecified atom stereocenters. The highest BCUT2D eigenvalue weighted by atomic mass is 35.5. The van der Waals surface area contributed by atoms with Crippen molar-refractivity contribution in [3.63, 3.8) is 0 Å². The summed E-state index contributed by atoms with van der Waals surface area (Å²) in [6.07, 6.45) is -2.97. The normalized spacial score (nSPS) is 17.3. The predicted octanol–water partition coefficient (Wildman–Crippen LogP) is 3.92. The molecule has 0 aliphatic carbocycles. The molecule has 3 rings (SSSR count). The third kappa shape index (κ3) is 3.26. The van der Waals surface area contributed by atoms with Gasteiger partial charge < -0.3 is 10.6 Å². The lowest BCUT2D eigenvalue weighted by Gasteiger charge is -2.36. The molecular formula is C16H12ClF4N3O. The van der Waals surface area contributed by atoms with E-state index in [1.165, 1.54) is 23.2 Å². The van der Waals surface area contributed by atoms with E-state index >= 15 is 0 Å². The van der Waals surface area contributed by atoms with Crippen molar-refractivity contribution in [3.05, 3.63) is 63.7 Å². The van der Waals surface area contributed by atoms with E-state index in [1.807, 2.05) is 0 Å². The second-order valence-electron chi connectivity index (χ2n) is 5.63. The van der Waals surface area contributed by atoms with Crippen LogP contribution in [0.4, 0.5) is 22.4 Å². The Morgan fingerprint density at radius 2 is 2.04 bits per heavy atom. The van der Waals surface area contributed by atoms with Crippen LogP contribution in [0, 0.1) is 5.95 Å². The van der Waals surface area contributed by atoms with Crippen molar-refractivity contribution in [2.45, 2.75) is 18.6 Å². The zero-order valence-corrected chi connectivity index (χ0v) is 13.4. The van der Waals surface area contributed by atoms with Crippen molar-refractivity contribution in [2.75, 3.05) is 6.54 Å². The Balaban J connectivity index is 2.13. The number of primary amides is 1. The molecule has 25 heavy (non-hydrogen) atoms. The number of aromatic nitrogens is 1. The largest absolute Gasteiger partial charge is 0.417 e. The smallest absolute Gasteiger partial charge is 0.351 e. The summed E-state index contributed by atoms with van der Waals surface area (Å²) >= 11 is 5.78. The number of halogens is 5. The molecule has 0 saturated carbocycles. The van der Waals surface area contributed by atoms with Crippen LogP contribution in [0.1, 0.15) is 28.3 Å². The van der Waals surface area contributed by atoms with Crippen LogP contribution >= 0.6 is 11.6 Å². The van der Waals surface area contributed by atoms with E-state index in [-0.39, 0.29) is 6.54 Å². The molecule has 0 fully saturated rings. The van der Waals surface area contributed by atoms with Gasteiger partial charge in [0.2, 0.25) is 5.95 Å². The van der Waals surface area contributed by atoms with Crippen molar-refractivity contribution in [3.8, 4) is 0 Å². The van der Waals surface area contributed by atoms with Crippen LogP contribution in [0.25, 0.3) is 0 Å². The molecule has 2 aromatic rings. The molecule has 1 aliphatic rings. The fourth-order valence-corrected chi connectivity index (χ4v) is 3.30. The Morgan fingerprint density at radius 1 is 1.32 bits per heavy atom. The summed E-state index contributed by atoms with van der Waals surface area (Å²) < 4.78 is 52.0. The van der Waals surface area contributed by atoms with Gasteiger partial charge in [-0.3, -0.25) is 0 Å². The zero-order valence-electron chi connectivity index (χ0n) is 12.6. The highest BCUT2D eigenvalue weighted by Gasteiger charge is 2.36. The number of hydrogen-bond acceptors (Lipinski definition) is 2. The quantitative estimate of drug-likeness (QED) is 0.608. The first kappa shape index (κ1) is 17.5. The fraction of sp³-hybridized carbons (Fsp3) is 0.250. The maximum atomic E-state index is 13.4. The standard InChI is InChI=1S/C16H12ClF4N3O/c17-12-5-9(1-2-11(12)16(19,20)21)14-10-7-23-13(18)6-8(10)3-4-24(14)15(22)25/h1-2,5-7,14H,3-4H2,(H2,22,25). The van der Waals surface area contributed by atoms with E-state index in [2.05, 4.69) is 4.98 Å². The van der Waals surface area contributed by atoms with Gasteiger partial charge in [-0.15, -0.1) is 0 Å². The van der Waals surface area contributed by atoms with Gasteiger partial charge in [0.1, 0.15) is 0 Å². The van der Waals surface area contributed by atoms with Gasteiger partial charge in [0.25, 0.3) is 0 Å². The third-order valence-corrected chi connectivity index (χ3v) is 4.43. The van der Waals surface area contributed by atoms with Crippen molar-refractivity contribution >= 4 is 17.6 Å². The number of fused-ring (bicyclic) bond motifs is 1. The second kappa shape index (κ2) is 6.18. The molecule has 2 N–H and O–H groups in total. The Hall–Kier alpha value is -2.35. The number of carbonyl (C=O) groups excluding carboxylic acids is 1. The van der Waals surface area contributed by atoms with E-state index in [1.54, 1.807) is 0 Å². The summed E-state index contributed by atoms with van der Waals surface area (Å²) in [7, 11) is 0. The van der Waals surface area contributed by atoms with Crippen LogP contribution in [0.5, 0.6) is 0 Å². The summed E-state index contributed by atoms with van der Waals surface area (Å²) in [6, 6.07) is 2.94. The molecule has 1 aromatic carbocycles. The first-order chi connectivity index (χ1) is 11.7. The summed E-state index contributed by atoms with van der Waals surface area (Å²) in [5.41, 5.74) is 5.88. The SMILES string of the molecule is NC(=O)N1CCc2cc(F)ncc2C1c1ccc(C(F)(F)F)c(Cl)c1. The summed E-state index contributed by atoms with van der Waals surface area (Å²) in [5, 5.41) is -0.489. The van der Waals surface area contributed by atoms with Gasteiger partial charge in [-0.2, -0.15) is 17.6 Å². The lowest BCUT2D eigenvalue weighted by Crippen LogP contribution is -2.43. The molecule has 0 saturated heterocycles. The topological polar surface area (TPSA) is 59.2 Å². The van der Waals surface area contributed by atoms with Gasteiger partial charge in [-0.25, -0.2) is 9.78 Å². The molecule has 0 radical (unpaired) electrons. The number of rotatable bonds is 1. The number of pyridine rings is 1. The Morgan fingerprint density at radius 3 is 2.64 bits per heavy atom. The van der Waals surface area contributed by atoms with Gasteiger partial charge >= 0.3 is 12.2 Å². The molecule has 2 heterocycles. The van der Waals surface area contributed by atoms with E-state index in [4.69, 9.17) is 17.3 Å². The van der Waals surface area contributed by atoms with Crippen LogP contribution in [-0.4, -0.2) is 22.5 Å². The zero-order chi connectivity index (χ0) is 18.4. The second-order valence-corrected chi connectivity index (χ2v) is 6.03. The van der Waals surface area contributed by atoms with Crippen molar-refractivity contribution in [1.82, 2.24) is 9.88 Å². The first-order valence-corrected chi connectivity index (χ1v) is 7.63. The fourth-order valence-electron chi connectivity index (χ4n) is 3.01. The Bertz CT molecular complexity index is 841. The van der Waals surface area contributed by atoms with Gasteiger partial charge in [-0.1, -0.05) is 17.7 Å². The maximum absolute atomic E-state index is 13.4. The molecule has 2 amide bonds. The number of nitrogens with two attached hydrogens (primary N) is 1. The molecule has 0 bridgehead atoms. The number of hydrogen-bond donors (Lipinski definition) is 1. The number of benzene rings is 1. The van der Waals surface area contributed by atoms with Gasteiger partial charge in [0.05, 0.1) is 16.6 Å². The molecule has 132 valence electrons. The van der Waals surface area contributed by atoms with Crippen LogP contribution in [0.15, 0.2) is 30.5 Å². The lowest BCUT2D eigenvalue weighted by atomic mass is 9.89. The molecule has 1 aromatic heterocycles. The van der Waals surface area contributed by atoms with Crippen LogP contribution in [-0.2, 0) is 12.6 Å². The van der Waals surface area contributed by atoms with Crippen LogP contribution in [0.3, 0.4) is 0 Å². The predicted molar refractivity (Wildman–Crippen MR) is 82.5 cm³/mol. The molecule has 0 spiro atoms. The minimum atomic E-state index is -4.59. The molecule has 4 nitrogen and oxygen atoms in total. The maximum Gasteiger partial charge on any atom is 0.417 e. The number of nitrogens with zero attached hydrogens (tertiary/aromatic N) is 2. The van der Waals surface area contributed by atoms with Gasteiger partial charge in [0.15, 0.2) is 0 Å². The summed E-state index contributed by atoms with van der Waals surface area (Å²) in [5.74, 6) is -0.671. The van der Waals surface area contributed by atoms with Crippen molar-refractivity contribution in [2.24, 2.45) is 5.73 Å². The van der Waals surface area contributed by atoms with Crippen molar-refractivity contribution < 1.29 is 22.4 Å². The number of carbonyl (C=O) groups is 1. The van der Waals surface area contributed by atoms with E-state index in [0.29, 0.717) is 23.1 Å². The van der Waals surface area contributed by atoms with Crippen LogP contribution in [0.2, 0.25) is 5.02 Å². The highest BCUT2D eigenvalue weighted by molar-refractivity contribution is 6.31. The number of amides is 2. The highest BCUT2D eigenvalue weighted by Crippen LogP contribution is 2.39. The minimum absolute atomic E-state index is 0.203. The summed E-state index contributed by atoms with van der Waals surface area (Å²) in [6.45, 7) is 0.203. The molecule has 1 atom stereocenters. The number of urea groups is 1. The average molecular weight is 374 g/mol. The van der Waals surface area contributed by atoms with Gasteiger partial charge in [-0.05, 0) is 35.7 Å². The lowest BCUT2D eigenvalue weighted by molar-refractivity contribution is -0.137. The van der Waals surface area contributed by atoms with Gasteiger partial charge in [0, 0.05) is 18.3 Å². The number of alkyl halides is 3. The Labute approximate surface area is 145 Å². The van der Waals surface area contributed by atoms with E-state index in [9.17, 15) is 22.4 Å². The third-order valence-electron chi connectivity index (χ3n) is 4.12. The Kier molecular flexibility index (Phi) is 4.32. The minimum Gasteiger partial charge on any atom is -0.351 e. The average Bonchev–Trinajstić information content (AvgIpc) is 2.52. The molecule has 9 heteroatoms. The van der Waals surface area contributed by atoms with E-state index in [0.717, 1.165) is 12.1 Å². The van der Waals surface area contributed by atoms with Crippen LogP contribution < -0.4 is 5.73 Å². The van der Waals surface area contributed by atoms with Crippen molar-refractivity contribution in [1.29, 1.82) is 0 Å². The van der Waals surface area contributed by atoms with E-state index < -0.39 is 34.8 Å². The summed E-state index contributed by atoms with van der Waals surface area (Å²) in [4.78, 5) is 16.6. The molecular weight excluding hydrogens is 362 g/mol.